The van der Waals surface area contributed by atoms with Crippen LogP contribution in [0.4, 0.5) is 5.00 Å². The lowest BCUT2D eigenvalue weighted by Crippen LogP contribution is -2.23. The minimum Gasteiger partial charge on any atom is -0.472 e. The second-order valence-corrected chi connectivity index (χ2v) is 8.55. The summed E-state index contributed by atoms with van der Waals surface area (Å²) >= 11 is 1.53. The molecule has 0 saturated carbocycles. The van der Waals surface area contributed by atoms with E-state index >= 15 is 0 Å². The van der Waals surface area contributed by atoms with E-state index in [1.54, 1.807) is 18.7 Å². The molecule has 4 aromatic heterocycles. The number of amides is 1. The minimum absolute atomic E-state index is 0.0613. The maximum Gasteiger partial charge on any atom is 0.232 e. The van der Waals surface area contributed by atoms with E-state index in [0.29, 0.717) is 13.0 Å². The Morgan fingerprint density at radius 2 is 2.03 bits per heavy atom. The number of nitrogens with zero attached hydrogens (tertiary/aromatic N) is 1. The average molecular weight is 443 g/mol. The number of nitrogens with one attached hydrogen (secondary N) is 2. The predicted molar refractivity (Wildman–Crippen MR) is 129 cm³/mol. The second-order valence-electron chi connectivity index (χ2n) is 7.50. The predicted octanol–water partition coefficient (Wildman–Crippen LogP) is 5.62. The van der Waals surface area contributed by atoms with Crippen molar-refractivity contribution in [2.24, 2.45) is 5.73 Å². The van der Waals surface area contributed by atoms with E-state index < -0.39 is 0 Å². The zero-order valence-corrected chi connectivity index (χ0v) is 18.1. The van der Waals surface area contributed by atoms with Gasteiger partial charge in [0.05, 0.1) is 23.4 Å². The molecule has 5 aromatic rings. The van der Waals surface area contributed by atoms with Crippen LogP contribution in [0.5, 0.6) is 0 Å². The summed E-state index contributed by atoms with van der Waals surface area (Å²) in [5.41, 5.74) is 10.6. The van der Waals surface area contributed by atoms with Crippen LogP contribution in [0.25, 0.3) is 32.6 Å². The van der Waals surface area contributed by atoms with Crippen LogP contribution in [0, 0.1) is 0 Å². The number of fused-ring (bicyclic) bond motifs is 1. The first-order valence-corrected chi connectivity index (χ1v) is 11.2. The highest BCUT2D eigenvalue weighted by molar-refractivity contribution is 7.20. The summed E-state index contributed by atoms with van der Waals surface area (Å²) in [7, 11) is 0. The number of anilines is 1. The number of carbonyl (C=O) groups is 1. The molecule has 4 heterocycles. The van der Waals surface area contributed by atoms with Gasteiger partial charge < -0.3 is 20.5 Å². The largest absolute Gasteiger partial charge is 0.472 e. The third-order valence-electron chi connectivity index (χ3n) is 5.48. The van der Waals surface area contributed by atoms with Crippen molar-refractivity contribution in [2.45, 2.75) is 12.3 Å². The highest BCUT2D eigenvalue weighted by atomic mass is 32.1. The third kappa shape index (κ3) is 3.84. The van der Waals surface area contributed by atoms with Gasteiger partial charge in [0.15, 0.2) is 0 Å². The van der Waals surface area contributed by atoms with E-state index in [1.807, 2.05) is 60.8 Å². The van der Waals surface area contributed by atoms with Crippen LogP contribution < -0.4 is 11.1 Å². The second kappa shape index (κ2) is 8.82. The SMILES string of the molecule is NCCC(C(=O)Nc1cc(-c2c[nH]c3ncccc23)c(-c2ccoc2)s1)c1ccccc1. The number of aromatic nitrogens is 2. The molecule has 0 spiro atoms. The van der Waals surface area contributed by atoms with Crippen molar-refractivity contribution in [3.63, 3.8) is 0 Å². The fraction of sp³-hybridized carbons (Fsp3) is 0.120. The third-order valence-corrected chi connectivity index (χ3v) is 6.58. The molecule has 0 bridgehead atoms. The number of hydrogen-bond donors (Lipinski definition) is 3. The van der Waals surface area contributed by atoms with Crippen molar-refractivity contribution < 1.29 is 9.21 Å². The molecule has 7 heteroatoms. The van der Waals surface area contributed by atoms with Crippen molar-refractivity contribution in [1.82, 2.24) is 9.97 Å². The van der Waals surface area contributed by atoms with Crippen LogP contribution in [0.15, 0.2) is 83.9 Å². The Bertz CT molecular complexity index is 1340. The summed E-state index contributed by atoms with van der Waals surface area (Å²) in [6, 6.07) is 17.7. The van der Waals surface area contributed by atoms with Gasteiger partial charge in [-0.15, -0.1) is 11.3 Å². The molecule has 0 radical (unpaired) electrons. The lowest BCUT2D eigenvalue weighted by atomic mass is 9.95. The first-order chi connectivity index (χ1) is 15.7. The number of benzene rings is 1. The van der Waals surface area contributed by atoms with Gasteiger partial charge in [-0.3, -0.25) is 4.79 Å². The smallest absolute Gasteiger partial charge is 0.232 e. The molecule has 1 unspecified atom stereocenters. The number of hydrogen-bond acceptors (Lipinski definition) is 5. The highest BCUT2D eigenvalue weighted by Crippen LogP contribution is 2.44. The lowest BCUT2D eigenvalue weighted by molar-refractivity contribution is -0.117. The summed E-state index contributed by atoms with van der Waals surface area (Å²) in [5, 5.41) is 4.93. The van der Waals surface area contributed by atoms with E-state index in [4.69, 9.17) is 10.2 Å². The van der Waals surface area contributed by atoms with E-state index in [0.717, 1.165) is 43.2 Å². The van der Waals surface area contributed by atoms with Gasteiger partial charge in [-0.2, -0.15) is 0 Å². The van der Waals surface area contributed by atoms with Crippen molar-refractivity contribution in [3.8, 4) is 21.6 Å². The van der Waals surface area contributed by atoms with Gasteiger partial charge in [-0.1, -0.05) is 30.3 Å². The highest BCUT2D eigenvalue weighted by Gasteiger charge is 2.23. The molecular formula is C25H22N4O2S. The number of furan rings is 1. The number of rotatable bonds is 7. The molecule has 1 atom stereocenters. The normalized spacial score (nSPS) is 12.2. The summed E-state index contributed by atoms with van der Waals surface area (Å²) < 4.78 is 5.33. The molecule has 4 N–H and O–H groups in total. The van der Waals surface area contributed by atoms with Gasteiger partial charge in [0, 0.05) is 39.3 Å². The Kier molecular flexibility index (Phi) is 5.58. The number of nitrogens with two attached hydrogens (primary N) is 1. The zero-order valence-electron chi connectivity index (χ0n) is 17.2. The van der Waals surface area contributed by atoms with E-state index in [9.17, 15) is 4.79 Å². The topological polar surface area (TPSA) is 96.9 Å². The molecule has 0 aliphatic heterocycles. The maximum absolute atomic E-state index is 13.2. The van der Waals surface area contributed by atoms with Crippen LogP contribution in [0.2, 0.25) is 0 Å². The maximum atomic E-state index is 13.2. The Hall–Kier alpha value is -3.68. The van der Waals surface area contributed by atoms with Crippen LogP contribution in [0.1, 0.15) is 17.9 Å². The van der Waals surface area contributed by atoms with Crippen LogP contribution >= 0.6 is 11.3 Å². The number of H-pyrrole nitrogens is 1. The summed E-state index contributed by atoms with van der Waals surface area (Å²) in [6.07, 6.45) is 7.67. The Morgan fingerprint density at radius 3 is 2.81 bits per heavy atom. The average Bonchev–Trinajstić information content (AvgIpc) is 3.57. The van der Waals surface area contributed by atoms with E-state index in [-0.39, 0.29) is 11.8 Å². The molecule has 32 heavy (non-hydrogen) atoms. The molecule has 1 aromatic carbocycles. The Morgan fingerprint density at radius 1 is 1.16 bits per heavy atom. The summed E-state index contributed by atoms with van der Waals surface area (Å²) in [6.45, 7) is 0.436. The molecule has 0 saturated heterocycles. The van der Waals surface area contributed by atoms with Gasteiger partial charge in [-0.25, -0.2) is 4.98 Å². The molecule has 5 rings (SSSR count). The van der Waals surface area contributed by atoms with Crippen molar-refractivity contribution >= 4 is 33.3 Å². The van der Waals surface area contributed by atoms with Crippen LogP contribution in [-0.2, 0) is 4.79 Å². The van der Waals surface area contributed by atoms with Gasteiger partial charge >= 0.3 is 0 Å². The molecule has 0 aliphatic rings. The fourth-order valence-corrected chi connectivity index (χ4v) is 5.01. The molecule has 1 amide bonds. The number of thiophene rings is 1. The fourth-order valence-electron chi connectivity index (χ4n) is 3.95. The van der Waals surface area contributed by atoms with Gasteiger partial charge in [0.1, 0.15) is 5.65 Å². The van der Waals surface area contributed by atoms with Gasteiger partial charge in [0.25, 0.3) is 0 Å². The lowest BCUT2D eigenvalue weighted by Gasteiger charge is -2.15. The Balaban J connectivity index is 1.53. The first-order valence-electron chi connectivity index (χ1n) is 10.4. The number of pyridine rings is 1. The molecule has 0 aliphatic carbocycles. The van der Waals surface area contributed by atoms with Crippen molar-refractivity contribution in [3.05, 3.63) is 85.1 Å². The van der Waals surface area contributed by atoms with E-state index in [2.05, 4.69) is 15.3 Å². The van der Waals surface area contributed by atoms with Crippen LogP contribution in [-0.4, -0.2) is 22.4 Å². The summed E-state index contributed by atoms with van der Waals surface area (Å²) in [5.74, 6) is -0.366. The first kappa shape index (κ1) is 20.2. The molecule has 6 nitrogen and oxygen atoms in total. The Labute approximate surface area is 189 Å². The van der Waals surface area contributed by atoms with Gasteiger partial charge in [0.2, 0.25) is 5.91 Å². The van der Waals surface area contributed by atoms with Crippen molar-refractivity contribution in [1.29, 1.82) is 0 Å². The molecule has 160 valence electrons. The van der Waals surface area contributed by atoms with Gasteiger partial charge in [-0.05, 0) is 42.8 Å². The summed E-state index contributed by atoms with van der Waals surface area (Å²) in [4.78, 5) is 21.9. The molecular weight excluding hydrogens is 420 g/mol. The molecule has 0 fully saturated rings. The number of aromatic amines is 1. The number of carbonyl (C=O) groups excluding carboxylic acids is 1. The van der Waals surface area contributed by atoms with Crippen LogP contribution in [0.3, 0.4) is 0 Å². The van der Waals surface area contributed by atoms with Crippen molar-refractivity contribution in [2.75, 3.05) is 11.9 Å². The van der Waals surface area contributed by atoms with E-state index in [1.165, 1.54) is 11.3 Å². The monoisotopic (exact) mass is 442 g/mol. The zero-order chi connectivity index (χ0) is 21.9. The standard InChI is InChI=1S/C25H22N4O2S/c26-10-8-18(16-5-2-1-3-6-16)25(30)29-22-13-20(23(32-22)17-9-12-31-15-17)21-14-28-24-19(21)7-4-11-27-24/h1-7,9,11-15,18H,8,10,26H2,(H,27,28)(H,29,30). The quantitative estimate of drug-likeness (QED) is 0.305. The minimum atomic E-state index is -0.304.